The first kappa shape index (κ1) is 9.65. The lowest BCUT2D eigenvalue weighted by Gasteiger charge is -2.18. The van der Waals surface area contributed by atoms with E-state index in [2.05, 4.69) is 4.98 Å². The van der Waals surface area contributed by atoms with Crippen molar-refractivity contribution < 1.29 is 4.57 Å². The van der Waals surface area contributed by atoms with E-state index < -0.39 is 7.14 Å². The minimum Gasteiger partial charge on any atom is -0.331 e. The normalized spacial score (nSPS) is 22.0. The van der Waals surface area contributed by atoms with Gasteiger partial charge in [-0.2, -0.15) is 0 Å². The van der Waals surface area contributed by atoms with Crippen LogP contribution in [0.3, 0.4) is 0 Å². The molecule has 1 aromatic rings. The molecule has 0 N–H and O–H groups in total. The highest BCUT2D eigenvalue weighted by atomic mass is 31.2. The summed E-state index contributed by atoms with van der Waals surface area (Å²) >= 11 is 0. The van der Waals surface area contributed by atoms with Crippen molar-refractivity contribution in [3.05, 3.63) is 12.0 Å². The third kappa shape index (κ3) is 1.32. The van der Waals surface area contributed by atoms with E-state index in [4.69, 9.17) is 0 Å². The molecule has 2 fully saturated rings. The van der Waals surface area contributed by atoms with Gasteiger partial charge in [0.1, 0.15) is 12.6 Å². The van der Waals surface area contributed by atoms with E-state index in [0.717, 1.165) is 11.1 Å². The Bertz CT molecular complexity index is 408. The van der Waals surface area contributed by atoms with Crippen molar-refractivity contribution >= 4 is 12.6 Å². The van der Waals surface area contributed by atoms with Crippen LogP contribution < -0.4 is 5.44 Å². The van der Waals surface area contributed by atoms with Crippen LogP contribution in [0.5, 0.6) is 0 Å². The molecule has 0 radical (unpaired) electrons. The van der Waals surface area contributed by atoms with E-state index >= 15 is 0 Å². The summed E-state index contributed by atoms with van der Waals surface area (Å²) in [4.78, 5) is 4.29. The number of hydrogen-bond acceptors (Lipinski definition) is 2. The van der Waals surface area contributed by atoms with E-state index in [1.807, 2.05) is 24.9 Å². The molecule has 82 valence electrons. The quantitative estimate of drug-likeness (QED) is 0.736. The summed E-state index contributed by atoms with van der Waals surface area (Å²) in [6.45, 7) is 1.99. The smallest absolute Gasteiger partial charge is 0.138 e. The molecule has 1 heterocycles. The number of nitrogens with zero attached hydrogens (tertiary/aromatic N) is 2. The van der Waals surface area contributed by atoms with Crippen LogP contribution in [0.1, 0.15) is 31.4 Å². The van der Waals surface area contributed by atoms with Crippen LogP contribution in [0.15, 0.2) is 6.33 Å². The van der Waals surface area contributed by atoms with Crippen molar-refractivity contribution in [2.45, 2.75) is 43.9 Å². The third-order valence-corrected chi connectivity index (χ3v) is 8.10. The fraction of sp³-hybridized carbons (Fsp3) is 0.727. The van der Waals surface area contributed by atoms with Gasteiger partial charge >= 0.3 is 0 Å². The number of imidazole rings is 1. The number of aryl methyl sites for hydroxylation is 2. The Morgan fingerprint density at radius 2 is 1.87 bits per heavy atom. The second kappa shape index (κ2) is 2.98. The lowest BCUT2D eigenvalue weighted by Crippen LogP contribution is -2.21. The minimum absolute atomic E-state index is 0.485. The van der Waals surface area contributed by atoms with Gasteiger partial charge in [-0.15, -0.1) is 0 Å². The highest BCUT2D eigenvalue weighted by molar-refractivity contribution is 7.73. The fourth-order valence-electron chi connectivity index (χ4n) is 2.60. The molecule has 2 aliphatic carbocycles. The summed E-state index contributed by atoms with van der Waals surface area (Å²) in [5, 5.41) is 0. The summed E-state index contributed by atoms with van der Waals surface area (Å²) in [6.07, 6.45) is 6.47. The first-order valence-corrected chi connectivity index (χ1v) is 7.56. The van der Waals surface area contributed by atoms with Gasteiger partial charge in [0.15, 0.2) is 0 Å². The van der Waals surface area contributed by atoms with Gasteiger partial charge in [-0.25, -0.2) is 4.98 Å². The molecule has 0 aliphatic heterocycles. The SMILES string of the molecule is Cc1ncn(C)c1P(=O)(C1CC1)C1CC1. The molecule has 0 unspecified atom stereocenters. The van der Waals surface area contributed by atoms with E-state index in [1.165, 1.54) is 25.7 Å². The maximum atomic E-state index is 13.2. The van der Waals surface area contributed by atoms with Gasteiger partial charge in [-0.3, -0.25) is 0 Å². The van der Waals surface area contributed by atoms with Crippen molar-refractivity contribution in [2.24, 2.45) is 7.05 Å². The van der Waals surface area contributed by atoms with Gasteiger partial charge in [-0.05, 0) is 32.6 Å². The standard InChI is InChI=1S/C11H17N2OP/c1-8-11(13(2)7-12-8)15(14,9-3-4-9)10-5-6-10/h7,9-10H,3-6H2,1-2H3. The molecule has 4 heteroatoms. The minimum atomic E-state index is -2.12. The second-order valence-electron chi connectivity index (χ2n) is 4.94. The van der Waals surface area contributed by atoms with Crippen LogP contribution in [0.25, 0.3) is 0 Å². The van der Waals surface area contributed by atoms with Crippen molar-refractivity contribution in [3.8, 4) is 0 Å². The van der Waals surface area contributed by atoms with Crippen LogP contribution in [0, 0.1) is 6.92 Å². The zero-order valence-corrected chi connectivity index (χ0v) is 10.2. The van der Waals surface area contributed by atoms with E-state index in [1.54, 1.807) is 0 Å². The van der Waals surface area contributed by atoms with Gasteiger partial charge in [0.2, 0.25) is 0 Å². The highest BCUT2D eigenvalue weighted by Crippen LogP contribution is 2.69. The largest absolute Gasteiger partial charge is 0.331 e. The molecule has 3 nitrogen and oxygen atoms in total. The maximum absolute atomic E-state index is 13.2. The summed E-state index contributed by atoms with van der Waals surface area (Å²) in [5.41, 5.74) is 3.02. The van der Waals surface area contributed by atoms with Crippen LogP contribution in [0.4, 0.5) is 0 Å². The molecule has 0 aromatic carbocycles. The lowest BCUT2D eigenvalue weighted by molar-refractivity contribution is 0.577. The molecule has 2 saturated carbocycles. The molecule has 0 bridgehead atoms. The predicted molar refractivity (Wildman–Crippen MR) is 61.2 cm³/mol. The number of aromatic nitrogens is 2. The van der Waals surface area contributed by atoms with Crippen molar-refractivity contribution in [3.63, 3.8) is 0 Å². The number of rotatable bonds is 3. The van der Waals surface area contributed by atoms with Gasteiger partial charge in [0.25, 0.3) is 0 Å². The molecule has 2 aliphatic rings. The van der Waals surface area contributed by atoms with Crippen molar-refractivity contribution in [2.75, 3.05) is 0 Å². The summed E-state index contributed by atoms with van der Waals surface area (Å²) in [5.74, 6) is 0. The van der Waals surface area contributed by atoms with Gasteiger partial charge in [0, 0.05) is 18.4 Å². The molecule has 15 heavy (non-hydrogen) atoms. The van der Waals surface area contributed by atoms with Gasteiger partial charge < -0.3 is 9.13 Å². The number of hydrogen-bond donors (Lipinski definition) is 0. The van der Waals surface area contributed by atoms with Gasteiger partial charge in [-0.1, -0.05) is 0 Å². The zero-order valence-electron chi connectivity index (χ0n) is 9.31. The summed E-state index contributed by atoms with van der Waals surface area (Å²) < 4.78 is 15.2. The third-order valence-electron chi connectivity index (χ3n) is 3.59. The van der Waals surface area contributed by atoms with Crippen molar-refractivity contribution in [1.82, 2.24) is 9.55 Å². The Hall–Kier alpha value is -0.560. The molecule has 0 amide bonds. The lowest BCUT2D eigenvalue weighted by atomic mass is 10.6. The first-order chi connectivity index (χ1) is 7.14. The van der Waals surface area contributed by atoms with E-state index in [9.17, 15) is 4.57 Å². The molecule has 0 saturated heterocycles. The molecule has 0 spiro atoms. The van der Waals surface area contributed by atoms with Gasteiger partial charge in [0.05, 0.1) is 12.0 Å². The predicted octanol–water partition coefficient (Wildman–Crippen LogP) is 2.04. The van der Waals surface area contributed by atoms with Crippen molar-refractivity contribution in [1.29, 1.82) is 0 Å². The topological polar surface area (TPSA) is 34.9 Å². The average molecular weight is 224 g/mol. The van der Waals surface area contributed by atoms with E-state index in [0.29, 0.717) is 11.3 Å². The highest BCUT2D eigenvalue weighted by Gasteiger charge is 2.53. The summed E-state index contributed by atoms with van der Waals surface area (Å²) in [6, 6.07) is 0. The molecular weight excluding hydrogens is 207 g/mol. The van der Waals surface area contributed by atoms with Crippen LogP contribution >= 0.6 is 7.14 Å². The Kier molecular flexibility index (Phi) is 1.91. The molecular formula is C11H17N2OP. The fourth-order valence-corrected chi connectivity index (χ4v) is 6.83. The maximum Gasteiger partial charge on any atom is 0.138 e. The molecule has 1 aromatic heterocycles. The Morgan fingerprint density at radius 3 is 2.20 bits per heavy atom. The average Bonchev–Trinajstić information content (AvgIpc) is 3.02. The van der Waals surface area contributed by atoms with Crippen LogP contribution in [-0.4, -0.2) is 20.9 Å². The van der Waals surface area contributed by atoms with Crippen LogP contribution in [0.2, 0.25) is 0 Å². The Balaban J connectivity index is 2.12. The van der Waals surface area contributed by atoms with E-state index in [-0.39, 0.29) is 0 Å². The van der Waals surface area contributed by atoms with Crippen LogP contribution in [-0.2, 0) is 11.6 Å². The molecule has 0 atom stereocenters. The monoisotopic (exact) mass is 224 g/mol. The Morgan fingerprint density at radius 1 is 1.33 bits per heavy atom. The Labute approximate surface area is 90.3 Å². The zero-order chi connectivity index (χ0) is 10.6. The molecule has 3 rings (SSSR count). The first-order valence-electron chi connectivity index (χ1n) is 5.72. The summed E-state index contributed by atoms with van der Waals surface area (Å²) in [7, 11) is -0.141. The second-order valence-corrected chi connectivity index (χ2v) is 8.24.